The third-order valence-corrected chi connectivity index (χ3v) is 4.58. The van der Waals surface area contributed by atoms with Gasteiger partial charge in [-0.3, -0.25) is 14.4 Å². The molecule has 1 N–H and O–H groups in total. The van der Waals surface area contributed by atoms with E-state index in [0.29, 0.717) is 19.0 Å². The van der Waals surface area contributed by atoms with Crippen molar-refractivity contribution < 1.29 is 9.53 Å². The van der Waals surface area contributed by atoms with Crippen molar-refractivity contribution in [1.82, 2.24) is 24.9 Å². The Hall–Kier alpha value is -2.84. The first-order valence-electron chi connectivity index (χ1n) is 8.97. The van der Waals surface area contributed by atoms with E-state index in [1.807, 2.05) is 44.4 Å². The van der Waals surface area contributed by atoms with Crippen LogP contribution in [-0.4, -0.2) is 63.1 Å². The van der Waals surface area contributed by atoms with Crippen LogP contribution in [0.25, 0.3) is 22.0 Å². The number of carbonyl (C=O) groups excluding carboxylic acids is 1. The van der Waals surface area contributed by atoms with E-state index >= 15 is 0 Å². The molecule has 8 nitrogen and oxygen atoms in total. The van der Waals surface area contributed by atoms with Crippen LogP contribution in [0.4, 0.5) is 5.82 Å². The van der Waals surface area contributed by atoms with Crippen LogP contribution in [0.2, 0.25) is 0 Å². The number of hydrogen-bond acceptors (Lipinski definition) is 6. The molecule has 3 aromatic rings. The highest BCUT2D eigenvalue weighted by Crippen LogP contribution is 2.24. The lowest BCUT2D eigenvalue weighted by molar-refractivity contribution is -0.119. The number of fused-ring (bicyclic) bond motifs is 1. The molecule has 8 heteroatoms. The molecule has 1 aromatic carbocycles. The Kier molecular flexibility index (Phi) is 4.83. The van der Waals surface area contributed by atoms with Gasteiger partial charge in [0.1, 0.15) is 11.5 Å². The Labute approximate surface area is 157 Å². The van der Waals surface area contributed by atoms with Crippen molar-refractivity contribution in [2.45, 2.75) is 13.0 Å². The zero-order chi connectivity index (χ0) is 18.8. The Morgan fingerprint density at radius 2 is 2.22 bits per heavy atom. The summed E-state index contributed by atoms with van der Waals surface area (Å²) in [4.78, 5) is 18.8. The highest BCUT2D eigenvalue weighted by Gasteiger charge is 2.19. The number of carbonyl (C=O) groups is 1. The lowest BCUT2D eigenvalue weighted by Crippen LogP contribution is -2.44. The predicted octanol–water partition coefficient (Wildman–Crippen LogP) is 1.69. The first kappa shape index (κ1) is 17.6. The molecule has 0 radical (unpaired) electrons. The number of anilines is 1. The van der Waals surface area contributed by atoms with E-state index in [4.69, 9.17) is 4.74 Å². The maximum absolute atomic E-state index is 12.4. The second kappa shape index (κ2) is 7.42. The Balaban J connectivity index is 1.49. The predicted molar refractivity (Wildman–Crippen MR) is 102 cm³/mol. The van der Waals surface area contributed by atoms with E-state index in [-0.39, 0.29) is 12.0 Å². The van der Waals surface area contributed by atoms with Crippen LogP contribution in [0.1, 0.15) is 6.92 Å². The van der Waals surface area contributed by atoms with Crippen molar-refractivity contribution in [1.29, 1.82) is 0 Å². The molecule has 1 aliphatic rings. The highest BCUT2D eigenvalue weighted by atomic mass is 16.5. The average Bonchev–Trinajstić information content (AvgIpc) is 3.07. The van der Waals surface area contributed by atoms with Crippen molar-refractivity contribution in [3.05, 3.63) is 36.7 Å². The lowest BCUT2D eigenvalue weighted by atomic mass is 10.1. The molecule has 0 spiro atoms. The highest BCUT2D eigenvalue weighted by molar-refractivity contribution is 5.94. The molecule has 140 valence electrons. The third kappa shape index (κ3) is 4.12. The zero-order valence-electron chi connectivity index (χ0n) is 15.4. The van der Waals surface area contributed by atoms with Gasteiger partial charge in [0.25, 0.3) is 0 Å². The molecule has 1 atom stereocenters. The second-order valence-corrected chi connectivity index (χ2v) is 6.87. The first-order valence-corrected chi connectivity index (χ1v) is 8.97. The third-order valence-electron chi connectivity index (χ3n) is 4.58. The number of nitrogens with zero attached hydrogens (tertiary/aromatic N) is 5. The van der Waals surface area contributed by atoms with Gasteiger partial charge >= 0.3 is 0 Å². The number of hydrogen-bond donors (Lipinski definition) is 1. The molecule has 4 rings (SSSR count). The maximum Gasteiger partial charge on any atom is 0.239 e. The van der Waals surface area contributed by atoms with Crippen LogP contribution in [0.15, 0.2) is 36.7 Å². The van der Waals surface area contributed by atoms with Gasteiger partial charge in [-0.2, -0.15) is 0 Å². The number of amides is 1. The van der Waals surface area contributed by atoms with Crippen molar-refractivity contribution in [2.75, 3.05) is 31.6 Å². The fourth-order valence-corrected chi connectivity index (χ4v) is 3.27. The molecule has 27 heavy (non-hydrogen) atoms. The molecular formula is C19H22N6O2. The van der Waals surface area contributed by atoms with E-state index in [1.165, 1.54) is 0 Å². The van der Waals surface area contributed by atoms with E-state index in [0.717, 1.165) is 35.1 Å². The second-order valence-electron chi connectivity index (χ2n) is 6.87. The van der Waals surface area contributed by atoms with Gasteiger partial charge in [-0.1, -0.05) is 17.3 Å². The van der Waals surface area contributed by atoms with Gasteiger partial charge in [0.2, 0.25) is 5.91 Å². The number of pyridine rings is 1. The minimum absolute atomic E-state index is 0.0685. The summed E-state index contributed by atoms with van der Waals surface area (Å²) in [6, 6.07) is 7.90. The molecule has 0 saturated carbocycles. The Morgan fingerprint density at radius 3 is 3.00 bits per heavy atom. The van der Waals surface area contributed by atoms with Crippen LogP contribution in [0.3, 0.4) is 0 Å². The molecule has 1 amide bonds. The molecule has 0 bridgehead atoms. The van der Waals surface area contributed by atoms with E-state index in [9.17, 15) is 4.79 Å². The lowest BCUT2D eigenvalue weighted by Gasteiger charge is -2.30. The van der Waals surface area contributed by atoms with Gasteiger partial charge in [0, 0.05) is 37.3 Å². The molecular weight excluding hydrogens is 344 g/mol. The minimum atomic E-state index is -0.0685. The zero-order valence-corrected chi connectivity index (χ0v) is 15.4. The van der Waals surface area contributed by atoms with Gasteiger partial charge in [0.05, 0.1) is 25.5 Å². The van der Waals surface area contributed by atoms with Crippen molar-refractivity contribution in [3.63, 3.8) is 0 Å². The van der Waals surface area contributed by atoms with Crippen LogP contribution in [0.5, 0.6) is 0 Å². The van der Waals surface area contributed by atoms with E-state index < -0.39 is 0 Å². The smallest absolute Gasteiger partial charge is 0.239 e. The summed E-state index contributed by atoms with van der Waals surface area (Å²) in [5.41, 5.74) is 1.78. The maximum atomic E-state index is 12.4. The number of benzene rings is 1. The fourth-order valence-electron chi connectivity index (χ4n) is 3.27. The normalized spacial score (nSPS) is 17.9. The molecule has 1 aliphatic heterocycles. The SMILES string of the molecule is C[C@H]1CN(CC(=O)Nc2cc3cc(-c4cn(C)nn4)ccc3cn2)CCO1. The van der Waals surface area contributed by atoms with Crippen molar-refractivity contribution in [2.24, 2.45) is 7.05 Å². The topological polar surface area (TPSA) is 85.2 Å². The molecule has 1 fully saturated rings. The van der Waals surface area contributed by atoms with E-state index in [2.05, 4.69) is 25.5 Å². The number of aromatic nitrogens is 4. The molecule has 0 aliphatic carbocycles. The standard InChI is InChI=1S/C19H22N6O2/c1-13-10-25(5-6-27-13)12-19(26)21-18-8-16-7-14(3-4-15(16)9-20-18)17-11-24(2)23-22-17/h3-4,7-9,11,13H,5-6,10,12H2,1-2H3,(H,20,21,26)/t13-/m0/s1. The molecule has 0 unspecified atom stereocenters. The minimum Gasteiger partial charge on any atom is -0.376 e. The Bertz CT molecular complexity index is 970. The van der Waals surface area contributed by atoms with Crippen molar-refractivity contribution >= 4 is 22.5 Å². The molecule has 1 saturated heterocycles. The van der Waals surface area contributed by atoms with Gasteiger partial charge < -0.3 is 10.1 Å². The number of ether oxygens (including phenoxy) is 1. The van der Waals surface area contributed by atoms with Crippen molar-refractivity contribution in [3.8, 4) is 11.3 Å². The summed E-state index contributed by atoms with van der Waals surface area (Å²) < 4.78 is 7.18. The summed E-state index contributed by atoms with van der Waals surface area (Å²) >= 11 is 0. The van der Waals surface area contributed by atoms with Gasteiger partial charge in [-0.25, -0.2) is 4.98 Å². The van der Waals surface area contributed by atoms with Gasteiger partial charge in [0.15, 0.2) is 0 Å². The van der Waals surface area contributed by atoms with Gasteiger partial charge in [-0.15, -0.1) is 5.10 Å². The van der Waals surface area contributed by atoms with Gasteiger partial charge in [-0.05, 0) is 24.4 Å². The number of morpholine rings is 1. The monoisotopic (exact) mass is 366 g/mol. The van der Waals surface area contributed by atoms with Crippen LogP contribution < -0.4 is 5.32 Å². The fraction of sp³-hybridized carbons (Fsp3) is 0.368. The summed E-state index contributed by atoms with van der Waals surface area (Å²) in [7, 11) is 1.84. The number of rotatable bonds is 4. The molecule has 2 aromatic heterocycles. The van der Waals surface area contributed by atoms with E-state index in [1.54, 1.807) is 10.9 Å². The first-order chi connectivity index (χ1) is 13.1. The summed E-state index contributed by atoms with van der Waals surface area (Å²) in [6.07, 6.45) is 3.79. The Morgan fingerprint density at radius 1 is 1.33 bits per heavy atom. The summed E-state index contributed by atoms with van der Waals surface area (Å²) in [5.74, 6) is 0.478. The average molecular weight is 366 g/mol. The number of aryl methyl sites for hydroxylation is 1. The van der Waals surface area contributed by atoms with Crippen LogP contribution in [-0.2, 0) is 16.6 Å². The quantitative estimate of drug-likeness (QED) is 0.756. The largest absolute Gasteiger partial charge is 0.376 e. The summed E-state index contributed by atoms with van der Waals surface area (Å²) in [6.45, 7) is 4.55. The van der Waals surface area contributed by atoms with Crippen LogP contribution >= 0.6 is 0 Å². The molecule has 3 heterocycles. The van der Waals surface area contributed by atoms with Crippen LogP contribution in [0, 0.1) is 0 Å². The summed E-state index contributed by atoms with van der Waals surface area (Å²) in [5, 5.41) is 13.0. The number of nitrogens with one attached hydrogen (secondary N) is 1.